The molecule has 24 heavy (non-hydrogen) atoms. The lowest BCUT2D eigenvalue weighted by Gasteiger charge is -2.15. The zero-order chi connectivity index (χ0) is 18.0. The summed E-state index contributed by atoms with van der Waals surface area (Å²) in [7, 11) is 0. The molecule has 0 fully saturated rings. The second-order valence-electron chi connectivity index (χ2n) is 7.02. The molecule has 0 aromatic heterocycles. The van der Waals surface area contributed by atoms with Crippen molar-refractivity contribution >= 4 is 11.8 Å². The number of hydrogen-bond donors (Lipinski definition) is 2. The number of nitrogens with one attached hydrogen (secondary N) is 1. The van der Waals surface area contributed by atoms with Gasteiger partial charge in [0.15, 0.2) is 0 Å². The van der Waals surface area contributed by atoms with E-state index in [1.54, 1.807) is 0 Å². The molecule has 0 aromatic rings. The van der Waals surface area contributed by atoms with Crippen LogP contribution in [0.2, 0.25) is 0 Å². The van der Waals surface area contributed by atoms with Crippen LogP contribution in [0.4, 0.5) is 0 Å². The van der Waals surface area contributed by atoms with Gasteiger partial charge in [-0.25, -0.2) is 0 Å². The predicted octanol–water partition coefficient (Wildman–Crippen LogP) is 4.71. The van der Waals surface area contributed by atoms with Gasteiger partial charge in [-0.2, -0.15) is 0 Å². The highest BCUT2D eigenvalue weighted by Gasteiger charge is 2.09. The lowest BCUT2D eigenvalue weighted by Crippen LogP contribution is -2.30. The Hall–Kier alpha value is -1.06. The smallest absolute Gasteiger partial charge is 0.220 e. The molecule has 0 saturated heterocycles. The van der Waals surface area contributed by atoms with E-state index in [2.05, 4.69) is 19.2 Å². The predicted molar refractivity (Wildman–Crippen MR) is 102 cm³/mol. The first kappa shape index (κ1) is 22.9. The number of amides is 2. The largest absolute Gasteiger partial charge is 0.370 e. The molecule has 2 amide bonds. The van der Waals surface area contributed by atoms with Crippen molar-refractivity contribution in [2.75, 3.05) is 6.54 Å². The zero-order valence-corrected chi connectivity index (χ0v) is 16.1. The van der Waals surface area contributed by atoms with E-state index in [0.717, 1.165) is 13.0 Å². The fourth-order valence-corrected chi connectivity index (χ4v) is 2.95. The van der Waals surface area contributed by atoms with Crippen LogP contribution in [-0.2, 0) is 9.59 Å². The summed E-state index contributed by atoms with van der Waals surface area (Å²) < 4.78 is 0. The minimum atomic E-state index is -0.414. The molecule has 0 saturated carbocycles. The molecular formula is C20H40N2O2. The van der Waals surface area contributed by atoms with Crippen molar-refractivity contribution in [1.82, 2.24) is 5.32 Å². The van der Waals surface area contributed by atoms with E-state index in [1.807, 2.05) is 0 Å². The summed E-state index contributed by atoms with van der Waals surface area (Å²) in [4.78, 5) is 22.2. The number of rotatable bonds is 17. The molecule has 3 N–H and O–H groups in total. The Labute approximate surface area is 149 Å². The Kier molecular flexibility index (Phi) is 16.0. The highest BCUT2D eigenvalue weighted by Crippen LogP contribution is 2.15. The van der Waals surface area contributed by atoms with Crippen LogP contribution >= 0.6 is 0 Å². The summed E-state index contributed by atoms with van der Waals surface area (Å²) in [6.07, 6.45) is 16.2. The van der Waals surface area contributed by atoms with E-state index in [9.17, 15) is 9.59 Å². The molecule has 4 nitrogen and oxygen atoms in total. The van der Waals surface area contributed by atoms with Crippen LogP contribution in [-0.4, -0.2) is 18.4 Å². The highest BCUT2D eigenvalue weighted by molar-refractivity contribution is 5.82. The quantitative estimate of drug-likeness (QED) is 0.376. The molecule has 0 radical (unpaired) electrons. The summed E-state index contributed by atoms with van der Waals surface area (Å²) in [6.45, 7) is 5.16. The van der Waals surface area contributed by atoms with Gasteiger partial charge in [0.05, 0.1) is 0 Å². The molecule has 0 bridgehead atoms. The summed E-state index contributed by atoms with van der Waals surface area (Å²) in [5, 5.41) is 2.93. The molecule has 1 unspecified atom stereocenters. The lowest BCUT2D eigenvalue weighted by atomic mass is 9.97. The molecule has 0 aliphatic heterocycles. The van der Waals surface area contributed by atoms with E-state index in [1.165, 1.54) is 70.6 Å². The normalized spacial score (nSPS) is 12.1. The first-order valence-corrected chi connectivity index (χ1v) is 10.1. The molecule has 0 aliphatic rings. The van der Waals surface area contributed by atoms with Crippen molar-refractivity contribution < 1.29 is 9.59 Å². The monoisotopic (exact) mass is 340 g/mol. The average molecular weight is 341 g/mol. The van der Waals surface area contributed by atoms with E-state index in [0.29, 0.717) is 5.92 Å². The lowest BCUT2D eigenvalue weighted by molar-refractivity contribution is -0.125. The van der Waals surface area contributed by atoms with Crippen molar-refractivity contribution in [3.63, 3.8) is 0 Å². The molecule has 142 valence electrons. The summed E-state index contributed by atoms with van der Waals surface area (Å²) in [6, 6.07) is 0. The molecule has 0 aliphatic carbocycles. The van der Waals surface area contributed by atoms with Gasteiger partial charge in [-0.1, -0.05) is 84.5 Å². The first-order chi connectivity index (χ1) is 11.6. The fraction of sp³-hybridized carbons (Fsp3) is 0.900. The van der Waals surface area contributed by atoms with E-state index in [-0.39, 0.29) is 18.7 Å². The van der Waals surface area contributed by atoms with Crippen LogP contribution in [0.5, 0.6) is 0 Å². The number of hydrogen-bond acceptors (Lipinski definition) is 2. The number of carbonyl (C=O) groups excluding carboxylic acids is 2. The fourth-order valence-electron chi connectivity index (χ4n) is 2.95. The molecule has 4 heteroatoms. The third-order valence-electron chi connectivity index (χ3n) is 4.73. The number of nitrogens with two attached hydrogens (primary N) is 1. The van der Waals surface area contributed by atoms with Gasteiger partial charge in [-0.15, -0.1) is 0 Å². The number of unbranched alkanes of at least 4 members (excludes halogenated alkanes) is 9. The maximum absolute atomic E-state index is 11.6. The van der Waals surface area contributed by atoms with E-state index < -0.39 is 5.91 Å². The minimum Gasteiger partial charge on any atom is -0.370 e. The third kappa shape index (κ3) is 15.8. The first-order valence-electron chi connectivity index (χ1n) is 10.1. The second-order valence-corrected chi connectivity index (χ2v) is 7.02. The van der Waals surface area contributed by atoms with Gasteiger partial charge in [0, 0.05) is 19.4 Å². The number of carbonyl (C=O) groups is 2. The Bertz CT molecular complexity index is 319. The molecule has 1 atom stereocenters. The Balaban J connectivity index is 3.48. The van der Waals surface area contributed by atoms with Gasteiger partial charge in [-0.05, 0) is 12.3 Å². The maximum Gasteiger partial charge on any atom is 0.220 e. The van der Waals surface area contributed by atoms with Gasteiger partial charge >= 0.3 is 0 Å². The van der Waals surface area contributed by atoms with Crippen molar-refractivity contribution in [1.29, 1.82) is 0 Å². The highest BCUT2D eigenvalue weighted by atomic mass is 16.2. The van der Waals surface area contributed by atoms with Gasteiger partial charge in [0.1, 0.15) is 0 Å². The van der Waals surface area contributed by atoms with Gasteiger partial charge in [0.25, 0.3) is 0 Å². The van der Waals surface area contributed by atoms with Gasteiger partial charge in [0.2, 0.25) is 11.8 Å². The Morgan fingerprint density at radius 1 is 0.833 bits per heavy atom. The summed E-state index contributed by atoms with van der Waals surface area (Å²) >= 11 is 0. The SMILES string of the molecule is CCCCCCCCCCCCC(CC)CNC(=O)CCC(N)=O. The minimum absolute atomic E-state index is 0.0599. The Morgan fingerprint density at radius 3 is 1.88 bits per heavy atom. The molecule has 0 aromatic carbocycles. The second kappa shape index (κ2) is 16.8. The standard InChI is InChI=1S/C20H40N2O2/c1-3-5-6-7-8-9-10-11-12-13-14-18(4-2)17-22-20(24)16-15-19(21)23/h18H,3-17H2,1-2H3,(H2,21,23)(H,22,24). The molecule has 0 heterocycles. The van der Waals surface area contributed by atoms with Crippen molar-refractivity contribution in [2.24, 2.45) is 11.7 Å². The molecule has 0 spiro atoms. The third-order valence-corrected chi connectivity index (χ3v) is 4.73. The van der Waals surface area contributed by atoms with Crippen molar-refractivity contribution in [3.8, 4) is 0 Å². The topological polar surface area (TPSA) is 72.2 Å². The molecule has 0 rings (SSSR count). The van der Waals surface area contributed by atoms with Crippen molar-refractivity contribution in [3.05, 3.63) is 0 Å². The zero-order valence-electron chi connectivity index (χ0n) is 16.1. The van der Waals surface area contributed by atoms with E-state index in [4.69, 9.17) is 5.73 Å². The van der Waals surface area contributed by atoms with Crippen LogP contribution < -0.4 is 11.1 Å². The summed E-state index contributed by atoms with van der Waals surface area (Å²) in [5.74, 6) is 0.0782. The van der Waals surface area contributed by atoms with Crippen LogP contribution in [0, 0.1) is 5.92 Å². The molecular weight excluding hydrogens is 300 g/mol. The van der Waals surface area contributed by atoms with Crippen LogP contribution in [0.1, 0.15) is 104 Å². The van der Waals surface area contributed by atoms with Gasteiger partial charge < -0.3 is 11.1 Å². The Morgan fingerprint density at radius 2 is 1.38 bits per heavy atom. The maximum atomic E-state index is 11.6. The van der Waals surface area contributed by atoms with Crippen LogP contribution in [0.25, 0.3) is 0 Å². The van der Waals surface area contributed by atoms with Crippen LogP contribution in [0.15, 0.2) is 0 Å². The van der Waals surface area contributed by atoms with Gasteiger partial charge in [-0.3, -0.25) is 9.59 Å². The van der Waals surface area contributed by atoms with Crippen LogP contribution in [0.3, 0.4) is 0 Å². The number of primary amides is 1. The summed E-state index contributed by atoms with van der Waals surface area (Å²) in [5.41, 5.74) is 5.05. The van der Waals surface area contributed by atoms with E-state index >= 15 is 0 Å². The van der Waals surface area contributed by atoms with Crippen molar-refractivity contribution in [2.45, 2.75) is 104 Å². The average Bonchev–Trinajstić information content (AvgIpc) is 2.57.